The van der Waals surface area contributed by atoms with Crippen LogP contribution in [0.1, 0.15) is 54.1 Å². The van der Waals surface area contributed by atoms with Crippen LogP contribution in [0.5, 0.6) is 0 Å². The van der Waals surface area contributed by atoms with Gasteiger partial charge >= 0.3 is 0 Å². The van der Waals surface area contributed by atoms with Crippen LogP contribution in [0.4, 0.5) is 5.95 Å². The second-order valence-corrected chi connectivity index (χ2v) is 6.94. The minimum Gasteiger partial charge on any atom is -0.326 e. The van der Waals surface area contributed by atoms with E-state index in [1.807, 2.05) is 42.5 Å². The van der Waals surface area contributed by atoms with Crippen LogP contribution in [0.25, 0.3) is 11.0 Å². The minimum absolute atomic E-state index is 0. The zero-order valence-corrected chi connectivity index (χ0v) is 16.0. The van der Waals surface area contributed by atoms with Crippen molar-refractivity contribution in [3.63, 3.8) is 0 Å². The van der Waals surface area contributed by atoms with Crippen molar-refractivity contribution >= 4 is 35.3 Å². The van der Waals surface area contributed by atoms with Gasteiger partial charge < -0.3 is 10.3 Å². The van der Waals surface area contributed by atoms with Crippen LogP contribution in [-0.2, 0) is 6.54 Å². The SMILES string of the molecule is Cl.NCc1ccc(C(=O)Nc2nc3ccccc3n2C2CCCCC2)cc1. The lowest BCUT2D eigenvalue weighted by Crippen LogP contribution is -2.20. The molecule has 142 valence electrons. The van der Waals surface area contributed by atoms with Crippen molar-refractivity contribution < 1.29 is 4.79 Å². The van der Waals surface area contributed by atoms with Crippen LogP contribution >= 0.6 is 12.4 Å². The zero-order chi connectivity index (χ0) is 17.9. The molecular weight excluding hydrogens is 360 g/mol. The molecule has 0 aliphatic heterocycles. The van der Waals surface area contributed by atoms with E-state index in [0.717, 1.165) is 29.4 Å². The summed E-state index contributed by atoms with van der Waals surface area (Å²) in [6.45, 7) is 0.472. The molecule has 1 amide bonds. The summed E-state index contributed by atoms with van der Waals surface area (Å²) < 4.78 is 2.22. The Hall–Kier alpha value is -2.37. The zero-order valence-electron chi connectivity index (χ0n) is 15.2. The maximum Gasteiger partial charge on any atom is 0.257 e. The number of benzene rings is 2. The van der Waals surface area contributed by atoms with Gasteiger partial charge in [-0.05, 0) is 42.7 Å². The highest BCUT2D eigenvalue weighted by Crippen LogP contribution is 2.34. The summed E-state index contributed by atoms with van der Waals surface area (Å²) in [5.74, 6) is 0.506. The molecule has 1 aliphatic rings. The van der Waals surface area contributed by atoms with E-state index >= 15 is 0 Å². The number of amides is 1. The fraction of sp³-hybridized carbons (Fsp3) is 0.333. The van der Waals surface area contributed by atoms with Gasteiger partial charge in [0.25, 0.3) is 5.91 Å². The Labute approximate surface area is 165 Å². The van der Waals surface area contributed by atoms with Gasteiger partial charge in [0.05, 0.1) is 11.0 Å². The summed E-state index contributed by atoms with van der Waals surface area (Å²) in [5, 5.41) is 3.03. The largest absolute Gasteiger partial charge is 0.326 e. The molecule has 0 spiro atoms. The number of carbonyl (C=O) groups is 1. The fourth-order valence-electron chi connectivity index (χ4n) is 3.81. The Morgan fingerprint density at radius 1 is 1.07 bits per heavy atom. The smallest absolute Gasteiger partial charge is 0.257 e. The number of hydrogen-bond acceptors (Lipinski definition) is 3. The third-order valence-electron chi connectivity index (χ3n) is 5.21. The van der Waals surface area contributed by atoms with Crippen LogP contribution in [0, 0.1) is 0 Å². The number of aromatic nitrogens is 2. The number of nitrogens with two attached hydrogens (primary N) is 1. The topological polar surface area (TPSA) is 72.9 Å². The summed E-state index contributed by atoms with van der Waals surface area (Å²) in [6.07, 6.45) is 6.01. The first kappa shape index (κ1) is 19.4. The second-order valence-electron chi connectivity index (χ2n) is 6.94. The van der Waals surface area contributed by atoms with E-state index in [-0.39, 0.29) is 18.3 Å². The Morgan fingerprint density at radius 2 is 1.78 bits per heavy atom. The van der Waals surface area contributed by atoms with Gasteiger partial charge in [-0.1, -0.05) is 43.5 Å². The molecule has 2 aromatic carbocycles. The molecule has 3 aromatic rings. The maximum atomic E-state index is 12.7. The number of nitrogens with zero attached hydrogens (tertiary/aromatic N) is 2. The van der Waals surface area contributed by atoms with Gasteiger partial charge in [0, 0.05) is 18.2 Å². The monoisotopic (exact) mass is 384 g/mol. The van der Waals surface area contributed by atoms with Crippen LogP contribution in [-0.4, -0.2) is 15.5 Å². The summed E-state index contributed by atoms with van der Waals surface area (Å²) in [5.41, 5.74) is 9.27. The summed E-state index contributed by atoms with van der Waals surface area (Å²) in [4.78, 5) is 17.4. The number of para-hydroxylation sites is 2. The molecule has 0 bridgehead atoms. The van der Waals surface area contributed by atoms with Crippen molar-refractivity contribution in [2.45, 2.75) is 44.7 Å². The van der Waals surface area contributed by atoms with Crippen LogP contribution in [0.15, 0.2) is 48.5 Å². The van der Waals surface area contributed by atoms with E-state index in [2.05, 4.69) is 16.0 Å². The predicted molar refractivity (Wildman–Crippen MR) is 111 cm³/mol. The molecule has 4 rings (SSSR count). The first-order valence-electron chi connectivity index (χ1n) is 9.33. The lowest BCUT2D eigenvalue weighted by Gasteiger charge is -2.25. The van der Waals surface area contributed by atoms with Crippen LogP contribution in [0.3, 0.4) is 0 Å². The average Bonchev–Trinajstić information content (AvgIpc) is 3.06. The quantitative estimate of drug-likeness (QED) is 0.686. The normalized spacial score (nSPS) is 14.7. The number of rotatable bonds is 4. The van der Waals surface area contributed by atoms with Crippen molar-refractivity contribution in [1.29, 1.82) is 0 Å². The van der Waals surface area contributed by atoms with Crippen molar-refractivity contribution in [3.05, 3.63) is 59.7 Å². The molecule has 5 nitrogen and oxygen atoms in total. The second kappa shape index (κ2) is 8.55. The van der Waals surface area contributed by atoms with E-state index in [1.54, 1.807) is 0 Å². The maximum absolute atomic E-state index is 12.7. The highest BCUT2D eigenvalue weighted by molar-refractivity contribution is 6.04. The molecule has 27 heavy (non-hydrogen) atoms. The minimum atomic E-state index is -0.138. The fourth-order valence-corrected chi connectivity index (χ4v) is 3.81. The highest BCUT2D eigenvalue weighted by atomic mass is 35.5. The summed E-state index contributed by atoms with van der Waals surface area (Å²) in [6, 6.07) is 15.9. The Kier molecular flexibility index (Phi) is 6.14. The molecule has 3 N–H and O–H groups in total. The number of fused-ring (bicyclic) bond motifs is 1. The molecule has 0 radical (unpaired) electrons. The standard InChI is InChI=1S/C21H24N4O.ClH/c22-14-15-10-12-16(13-11-15)20(26)24-21-23-18-8-4-5-9-19(18)25(21)17-6-2-1-3-7-17;/h4-5,8-13,17H,1-3,6-7,14,22H2,(H,23,24,26);1H. The van der Waals surface area contributed by atoms with Crippen LogP contribution < -0.4 is 11.1 Å². The van der Waals surface area contributed by atoms with Gasteiger partial charge in [-0.25, -0.2) is 4.98 Å². The molecule has 1 fully saturated rings. The van der Waals surface area contributed by atoms with Gasteiger partial charge in [-0.2, -0.15) is 0 Å². The molecule has 0 unspecified atom stereocenters. The van der Waals surface area contributed by atoms with Gasteiger partial charge in [0.2, 0.25) is 5.95 Å². The third kappa shape index (κ3) is 3.99. The highest BCUT2D eigenvalue weighted by Gasteiger charge is 2.22. The Bertz CT molecular complexity index is 914. The molecule has 1 saturated carbocycles. The Balaban J connectivity index is 0.00000210. The number of halogens is 1. The first-order valence-corrected chi connectivity index (χ1v) is 9.33. The third-order valence-corrected chi connectivity index (χ3v) is 5.21. The molecule has 1 aliphatic carbocycles. The molecule has 0 saturated heterocycles. The van der Waals surface area contributed by atoms with Crippen molar-refractivity contribution in [1.82, 2.24) is 9.55 Å². The molecule has 0 atom stereocenters. The molecular formula is C21H25ClN4O. The van der Waals surface area contributed by atoms with E-state index < -0.39 is 0 Å². The van der Waals surface area contributed by atoms with Gasteiger partial charge in [0.1, 0.15) is 0 Å². The van der Waals surface area contributed by atoms with E-state index in [0.29, 0.717) is 24.1 Å². The van der Waals surface area contributed by atoms with Gasteiger partial charge in [0.15, 0.2) is 0 Å². The summed E-state index contributed by atoms with van der Waals surface area (Å²) in [7, 11) is 0. The number of imidazole rings is 1. The number of anilines is 1. The molecule has 6 heteroatoms. The Morgan fingerprint density at radius 3 is 2.48 bits per heavy atom. The van der Waals surface area contributed by atoms with Crippen molar-refractivity contribution in [3.8, 4) is 0 Å². The van der Waals surface area contributed by atoms with E-state index in [4.69, 9.17) is 10.7 Å². The lowest BCUT2D eigenvalue weighted by atomic mass is 9.95. The number of hydrogen-bond donors (Lipinski definition) is 2. The van der Waals surface area contributed by atoms with Crippen molar-refractivity contribution in [2.24, 2.45) is 5.73 Å². The van der Waals surface area contributed by atoms with E-state index in [1.165, 1.54) is 19.3 Å². The predicted octanol–water partition coefficient (Wildman–Crippen LogP) is 4.67. The van der Waals surface area contributed by atoms with Crippen LogP contribution in [0.2, 0.25) is 0 Å². The number of carbonyl (C=O) groups excluding carboxylic acids is 1. The molecule has 1 aromatic heterocycles. The van der Waals surface area contributed by atoms with Gasteiger partial charge in [-0.15, -0.1) is 12.4 Å². The lowest BCUT2D eigenvalue weighted by molar-refractivity contribution is 0.102. The van der Waals surface area contributed by atoms with Gasteiger partial charge in [-0.3, -0.25) is 10.1 Å². The number of nitrogens with one attached hydrogen (secondary N) is 1. The molecule has 1 heterocycles. The summed E-state index contributed by atoms with van der Waals surface area (Å²) >= 11 is 0. The van der Waals surface area contributed by atoms with Crippen molar-refractivity contribution in [2.75, 3.05) is 5.32 Å². The average molecular weight is 385 g/mol. The first-order chi connectivity index (χ1) is 12.8. The van der Waals surface area contributed by atoms with E-state index in [9.17, 15) is 4.79 Å².